The van der Waals surface area contributed by atoms with Crippen molar-refractivity contribution >= 4 is 29.4 Å². The molecule has 1 amide bonds. The van der Waals surface area contributed by atoms with E-state index in [0.717, 1.165) is 16.8 Å². The standard InChI is InChI=1S/C21H20ClN3O2/c1-14-3-7-17(8-4-14)23-13-21(26)25-24-12-18-9-10-20(27-18)16-6-5-15(2)19(22)11-16/h3-12,23H,13H2,1-2H3,(H,25,26)/b24-12+. The fourth-order valence-corrected chi connectivity index (χ4v) is 2.57. The number of carbonyl (C=O) groups excluding carboxylic acids is 1. The fraction of sp³-hybridized carbons (Fsp3) is 0.143. The van der Waals surface area contributed by atoms with Gasteiger partial charge < -0.3 is 9.73 Å². The summed E-state index contributed by atoms with van der Waals surface area (Å²) in [6, 6.07) is 17.2. The zero-order valence-corrected chi connectivity index (χ0v) is 15.9. The van der Waals surface area contributed by atoms with E-state index in [9.17, 15) is 4.79 Å². The highest BCUT2D eigenvalue weighted by molar-refractivity contribution is 6.31. The largest absolute Gasteiger partial charge is 0.455 e. The molecule has 0 fully saturated rings. The number of nitrogens with one attached hydrogen (secondary N) is 2. The number of carbonyl (C=O) groups is 1. The van der Waals surface area contributed by atoms with Crippen molar-refractivity contribution < 1.29 is 9.21 Å². The van der Waals surface area contributed by atoms with E-state index in [2.05, 4.69) is 15.8 Å². The van der Waals surface area contributed by atoms with Crippen LogP contribution in [0.1, 0.15) is 16.9 Å². The van der Waals surface area contributed by atoms with Gasteiger partial charge in [0.2, 0.25) is 0 Å². The van der Waals surface area contributed by atoms with Crippen LogP contribution in [-0.2, 0) is 4.79 Å². The number of hydrogen-bond acceptors (Lipinski definition) is 4. The maximum absolute atomic E-state index is 11.8. The smallest absolute Gasteiger partial charge is 0.259 e. The lowest BCUT2D eigenvalue weighted by molar-refractivity contribution is -0.119. The number of halogens is 1. The highest BCUT2D eigenvalue weighted by atomic mass is 35.5. The van der Waals surface area contributed by atoms with E-state index in [-0.39, 0.29) is 12.5 Å². The van der Waals surface area contributed by atoms with Gasteiger partial charge in [-0.2, -0.15) is 5.10 Å². The minimum atomic E-state index is -0.246. The van der Waals surface area contributed by atoms with Crippen molar-refractivity contribution in [3.8, 4) is 11.3 Å². The predicted molar refractivity (Wildman–Crippen MR) is 109 cm³/mol. The van der Waals surface area contributed by atoms with Crippen LogP contribution >= 0.6 is 11.6 Å². The predicted octanol–water partition coefficient (Wildman–Crippen LogP) is 4.78. The van der Waals surface area contributed by atoms with Gasteiger partial charge in [-0.05, 0) is 49.7 Å². The summed E-state index contributed by atoms with van der Waals surface area (Å²) in [5.41, 5.74) is 6.41. The molecule has 0 atom stereocenters. The maximum atomic E-state index is 11.8. The van der Waals surface area contributed by atoms with Crippen LogP contribution in [-0.4, -0.2) is 18.7 Å². The number of hydrogen-bond donors (Lipinski definition) is 2. The molecule has 2 N–H and O–H groups in total. The third-order valence-corrected chi connectivity index (χ3v) is 4.38. The average molecular weight is 382 g/mol. The first kappa shape index (κ1) is 18.7. The van der Waals surface area contributed by atoms with E-state index >= 15 is 0 Å². The van der Waals surface area contributed by atoms with Gasteiger partial charge in [0.25, 0.3) is 5.91 Å². The SMILES string of the molecule is Cc1ccc(NCC(=O)N/N=C/c2ccc(-c3ccc(C)c(Cl)c3)o2)cc1. The topological polar surface area (TPSA) is 66.6 Å². The summed E-state index contributed by atoms with van der Waals surface area (Å²) in [6.07, 6.45) is 1.46. The van der Waals surface area contributed by atoms with Gasteiger partial charge in [0.15, 0.2) is 0 Å². The molecule has 0 radical (unpaired) electrons. The molecule has 5 nitrogen and oxygen atoms in total. The fourth-order valence-electron chi connectivity index (χ4n) is 2.38. The van der Waals surface area contributed by atoms with Crippen LogP contribution in [0.3, 0.4) is 0 Å². The Balaban J connectivity index is 1.52. The molecule has 2 aromatic carbocycles. The number of amides is 1. The number of hydrazone groups is 1. The lowest BCUT2D eigenvalue weighted by Gasteiger charge is -2.05. The third kappa shape index (κ3) is 5.21. The highest BCUT2D eigenvalue weighted by Crippen LogP contribution is 2.26. The minimum Gasteiger partial charge on any atom is -0.455 e. The van der Waals surface area contributed by atoms with Gasteiger partial charge in [-0.3, -0.25) is 4.79 Å². The normalized spacial score (nSPS) is 10.9. The van der Waals surface area contributed by atoms with Gasteiger partial charge in [0.1, 0.15) is 11.5 Å². The van der Waals surface area contributed by atoms with Crippen molar-refractivity contribution in [2.75, 3.05) is 11.9 Å². The first-order valence-corrected chi connectivity index (χ1v) is 8.88. The molecule has 0 aliphatic carbocycles. The van der Waals surface area contributed by atoms with E-state index in [1.807, 2.05) is 62.4 Å². The number of nitrogens with zero attached hydrogens (tertiary/aromatic N) is 1. The molecule has 0 spiro atoms. The van der Waals surface area contributed by atoms with Crippen molar-refractivity contribution in [3.05, 3.63) is 76.5 Å². The summed E-state index contributed by atoms with van der Waals surface area (Å²) in [5.74, 6) is 0.975. The molecule has 0 unspecified atom stereocenters. The number of aryl methyl sites for hydroxylation is 2. The molecule has 0 aliphatic rings. The molecule has 138 valence electrons. The molecule has 0 saturated heterocycles. The van der Waals surface area contributed by atoms with Crippen molar-refractivity contribution in [3.63, 3.8) is 0 Å². The van der Waals surface area contributed by atoms with Crippen LogP contribution in [0.2, 0.25) is 5.02 Å². The van der Waals surface area contributed by atoms with Crippen LogP contribution < -0.4 is 10.7 Å². The minimum absolute atomic E-state index is 0.131. The average Bonchev–Trinajstić information content (AvgIpc) is 3.12. The Morgan fingerprint density at radius 1 is 1.11 bits per heavy atom. The van der Waals surface area contributed by atoms with Gasteiger partial charge in [0, 0.05) is 16.3 Å². The van der Waals surface area contributed by atoms with E-state index in [4.69, 9.17) is 16.0 Å². The Morgan fingerprint density at radius 2 is 1.89 bits per heavy atom. The van der Waals surface area contributed by atoms with E-state index in [0.29, 0.717) is 16.5 Å². The molecule has 1 aromatic heterocycles. The van der Waals surface area contributed by atoms with E-state index in [1.165, 1.54) is 11.8 Å². The van der Waals surface area contributed by atoms with Gasteiger partial charge in [-0.1, -0.05) is 41.4 Å². The second-order valence-electron chi connectivity index (χ2n) is 6.18. The first-order chi connectivity index (χ1) is 13.0. The molecule has 0 saturated carbocycles. The number of furan rings is 1. The van der Waals surface area contributed by atoms with Gasteiger partial charge in [-0.15, -0.1) is 0 Å². The molecule has 0 aliphatic heterocycles. The summed E-state index contributed by atoms with van der Waals surface area (Å²) < 4.78 is 5.71. The van der Waals surface area contributed by atoms with Crippen LogP contribution in [0, 0.1) is 13.8 Å². The van der Waals surface area contributed by atoms with Crippen molar-refractivity contribution in [1.82, 2.24) is 5.43 Å². The molecular weight excluding hydrogens is 362 g/mol. The third-order valence-electron chi connectivity index (χ3n) is 3.97. The molecule has 6 heteroatoms. The molecular formula is C21H20ClN3O2. The Labute approximate surface area is 163 Å². The molecule has 0 bridgehead atoms. The Bertz CT molecular complexity index is 962. The highest BCUT2D eigenvalue weighted by Gasteiger charge is 2.06. The molecule has 3 rings (SSSR count). The quantitative estimate of drug-likeness (QED) is 0.477. The monoisotopic (exact) mass is 381 g/mol. The van der Waals surface area contributed by atoms with Crippen LogP contribution in [0.4, 0.5) is 5.69 Å². The summed E-state index contributed by atoms with van der Waals surface area (Å²) in [5, 5.41) is 7.64. The zero-order valence-electron chi connectivity index (χ0n) is 15.1. The molecule has 3 aromatic rings. The van der Waals surface area contributed by atoms with E-state index in [1.54, 1.807) is 6.07 Å². The molecule has 27 heavy (non-hydrogen) atoms. The number of benzene rings is 2. The van der Waals surface area contributed by atoms with Crippen molar-refractivity contribution in [2.24, 2.45) is 5.10 Å². The second kappa shape index (κ2) is 8.56. The summed E-state index contributed by atoms with van der Waals surface area (Å²) in [6.45, 7) is 4.09. The van der Waals surface area contributed by atoms with Crippen molar-refractivity contribution in [1.29, 1.82) is 0 Å². The summed E-state index contributed by atoms with van der Waals surface area (Å²) >= 11 is 6.15. The lowest BCUT2D eigenvalue weighted by atomic mass is 10.1. The zero-order chi connectivity index (χ0) is 19.2. The van der Waals surface area contributed by atoms with Crippen LogP contribution in [0.25, 0.3) is 11.3 Å². The van der Waals surface area contributed by atoms with E-state index < -0.39 is 0 Å². The van der Waals surface area contributed by atoms with Crippen LogP contribution in [0.5, 0.6) is 0 Å². The second-order valence-corrected chi connectivity index (χ2v) is 6.59. The Morgan fingerprint density at radius 3 is 2.63 bits per heavy atom. The van der Waals surface area contributed by atoms with Gasteiger partial charge >= 0.3 is 0 Å². The maximum Gasteiger partial charge on any atom is 0.259 e. The first-order valence-electron chi connectivity index (χ1n) is 8.50. The summed E-state index contributed by atoms with van der Waals surface area (Å²) in [7, 11) is 0. The number of anilines is 1. The molecule has 1 heterocycles. The summed E-state index contributed by atoms with van der Waals surface area (Å²) in [4.78, 5) is 11.8. The Kier molecular flexibility index (Phi) is 5.94. The Hall–Kier alpha value is -3.05. The van der Waals surface area contributed by atoms with Gasteiger partial charge in [0.05, 0.1) is 12.8 Å². The lowest BCUT2D eigenvalue weighted by Crippen LogP contribution is -2.25. The van der Waals surface area contributed by atoms with Crippen molar-refractivity contribution in [2.45, 2.75) is 13.8 Å². The number of rotatable bonds is 6. The van der Waals surface area contributed by atoms with Crippen LogP contribution in [0.15, 0.2) is 64.1 Å². The van der Waals surface area contributed by atoms with Gasteiger partial charge in [-0.25, -0.2) is 5.43 Å².